The number of furan rings is 1. The van der Waals surface area contributed by atoms with E-state index in [1.54, 1.807) is 24.0 Å². The largest absolute Gasteiger partial charge is 0.455 e. The highest BCUT2D eigenvalue weighted by atomic mass is 32.2. The molecule has 0 bridgehead atoms. The molecule has 0 atom stereocenters. The van der Waals surface area contributed by atoms with Crippen LogP contribution in [0.1, 0.15) is 33.1 Å². The molecule has 0 saturated heterocycles. The summed E-state index contributed by atoms with van der Waals surface area (Å²) < 4.78 is 5.64. The van der Waals surface area contributed by atoms with Crippen LogP contribution in [0.2, 0.25) is 0 Å². The van der Waals surface area contributed by atoms with Crippen molar-refractivity contribution in [3.8, 4) is 0 Å². The number of aromatic nitrogens is 1. The number of aryl methyl sites for hydroxylation is 1. The molecule has 1 N–H and O–H groups in total. The second-order valence-electron chi connectivity index (χ2n) is 5.75. The highest BCUT2D eigenvalue weighted by molar-refractivity contribution is 7.97. The van der Waals surface area contributed by atoms with E-state index in [1.165, 1.54) is 11.1 Å². The Labute approximate surface area is 151 Å². The first-order valence-electron chi connectivity index (χ1n) is 8.11. The average molecular weight is 352 g/mol. The van der Waals surface area contributed by atoms with Gasteiger partial charge in [0.1, 0.15) is 5.76 Å². The van der Waals surface area contributed by atoms with Gasteiger partial charge in [0.15, 0.2) is 5.76 Å². The summed E-state index contributed by atoms with van der Waals surface area (Å²) in [4.78, 5) is 16.3. The number of carbonyl (C=O) groups excluding carboxylic acids is 1. The molecule has 0 aliphatic rings. The molecule has 3 aromatic rings. The van der Waals surface area contributed by atoms with E-state index in [0.29, 0.717) is 12.3 Å². The Kier molecular flexibility index (Phi) is 5.90. The normalized spacial score (nSPS) is 10.6. The molecule has 5 heteroatoms. The van der Waals surface area contributed by atoms with Crippen molar-refractivity contribution in [2.75, 3.05) is 0 Å². The Hall–Kier alpha value is -2.53. The number of amides is 1. The van der Waals surface area contributed by atoms with Crippen LogP contribution in [0.5, 0.6) is 0 Å². The number of pyridine rings is 1. The van der Waals surface area contributed by atoms with Gasteiger partial charge in [-0.05, 0) is 36.8 Å². The smallest absolute Gasteiger partial charge is 0.287 e. The maximum Gasteiger partial charge on any atom is 0.287 e. The van der Waals surface area contributed by atoms with E-state index in [0.717, 1.165) is 23.0 Å². The third-order valence-electron chi connectivity index (χ3n) is 3.68. The molecule has 0 unspecified atom stereocenters. The number of hydrogen-bond donors (Lipinski definition) is 1. The van der Waals surface area contributed by atoms with E-state index < -0.39 is 0 Å². The van der Waals surface area contributed by atoms with Crippen molar-refractivity contribution >= 4 is 17.7 Å². The molecular formula is C20H20N2O2S. The molecule has 1 aromatic carbocycles. The maximum absolute atomic E-state index is 12.1. The molecule has 0 aliphatic carbocycles. The van der Waals surface area contributed by atoms with Gasteiger partial charge in [0.05, 0.1) is 18.0 Å². The number of thioether (sulfide) groups is 1. The topological polar surface area (TPSA) is 55.1 Å². The number of carbonyl (C=O) groups is 1. The van der Waals surface area contributed by atoms with Gasteiger partial charge in [-0.15, -0.1) is 11.8 Å². The third kappa shape index (κ3) is 5.22. The number of nitrogens with zero attached hydrogens (tertiary/aromatic N) is 1. The summed E-state index contributed by atoms with van der Waals surface area (Å²) in [6.07, 6.45) is 1.71. The van der Waals surface area contributed by atoms with Crippen molar-refractivity contribution in [3.63, 3.8) is 0 Å². The zero-order chi connectivity index (χ0) is 17.5. The van der Waals surface area contributed by atoms with Crippen LogP contribution in [0.15, 0.2) is 65.2 Å². The number of benzene rings is 1. The molecule has 25 heavy (non-hydrogen) atoms. The number of nitrogens with one attached hydrogen (secondary N) is 1. The summed E-state index contributed by atoms with van der Waals surface area (Å²) in [5, 5.41) is 2.81. The summed E-state index contributed by atoms with van der Waals surface area (Å²) in [7, 11) is 0. The lowest BCUT2D eigenvalue weighted by Gasteiger charge is -2.03. The van der Waals surface area contributed by atoms with E-state index in [1.807, 2.05) is 24.3 Å². The predicted molar refractivity (Wildman–Crippen MR) is 100 cm³/mol. The first-order valence-corrected chi connectivity index (χ1v) is 9.26. The second kappa shape index (κ2) is 8.53. The number of hydrogen-bond acceptors (Lipinski definition) is 4. The standard InChI is InChI=1S/C20H20N2O2S/c1-15-5-7-16(8-6-15)13-25-14-18-9-10-19(24-18)20(23)22-12-17-4-2-3-11-21-17/h2-11H,12-14H2,1H3,(H,22,23). The second-order valence-corrected chi connectivity index (χ2v) is 6.73. The first kappa shape index (κ1) is 17.3. The van der Waals surface area contributed by atoms with Gasteiger partial charge in [0.2, 0.25) is 0 Å². The van der Waals surface area contributed by atoms with Crippen molar-refractivity contribution in [1.82, 2.24) is 10.3 Å². The molecule has 2 aromatic heterocycles. The molecule has 0 radical (unpaired) electrons. The van der Waals surface area contributed by atoms with Gasteiger partial charge in [0, 0.05) is 11.9 Å². The molecule has 0 aliphatic heterocycles. The van der Waals surface area contributed by atoms with Gasteiger partial charge in [-0.3, -0.25) is 9.78 Å². The summed E-state index contributed by atoms with van der Waals surface area (Å²) >= 11 is 1.77. The van der Waals surface area contributed by atoms with E-state index in [-0.39, 0.29) is 5.91 Å². The van der Waals surface area contributed by atoms with Crippen LogP contribution in [-0.4, -0.2) is 10.9 Å². The van der Waals surface area contributed by atoms with E-state index in [2.05, 4.69) is 41.5 Å². The molecular weight excluding hydrogens is 332 g/mol. The fraction of sp³-hybridized carbons (Fsp3) is 0.200. The molecule has 0 fully saturated rings. The van der Waals surface area contributed by atoms with Gasteiger partial charge in [0.25, 0.3) is 5.91 Å². The molecule has 3 rings (SSSR count). The third-order valence-corrected chi connectivity index (χ3v) is 4.70. The van der Waals surface area contributed by atoms with E-state index >= 15 is 0 Å². The Morgan fingerprint density at radius 3 is 2.68 bits per heavy atom. The first-order chi connectivity index (χ1) is 12.2. The molecule has 0 saturated carbocycles. The van der Waals surface area contributed by atoms with Gasteiger partial charge >= 0.3 is 0 Å². The van der Waals surface area contributed by atoms with Crippen molar-refractivity contribution in [3.05, 3.63) is 89.1 Å². The molecule has 2 heterocycles. The van der Waals surface area contributed by atoms with Crippen molar-refractivity contribution in [1.29, 1.82) is 0 Å². The summed E-state index contributed by atoms with van der Waals surface area (Å²) in [6, 6.07) is 17.7. The van der Waals surface area contributed by atoms with Gasteiger partial charge in [-0.2, -0.15) is 0 Å². The van der Waals surface area contributed by atoms with Gasteiger partial charge in [-0.25, -0.2) is 0 Å². The van der Waals surface area contributed by atoms with Crippen LogP contribution < -0.4 is 5.32 Å². The minimum atomic E-state index is -0.222. The summed E-state index contributed by atoms with van der Waals surface area (Å²) in [5.74, 6) is 2.58. The lowest BCUT2D eigenvalue weighted by atomic mass is 10.2. The average Bonchev–Trinajstić information content (AvgIpc) is 3.11. The molecule has 128 valence electrons. The fourth-order valence-corrected chi connectivity index (χ4v) is 3.18. The fourth-order valence-electron chi connectivity index (χ4n) is 2.29. The van der Waals surface area contributed by atoms with Crippen LogP contribution in [0, 0.1) is 6.92 Å². The van der Waals surface area contributed by atoms with Crippen molar-refractivity contribution in [2.24, 2.45) is 0 Å². The Balaban J connectivity index is 1.46. The zero-order valence-electron chi connectivity index (χ0n) is 14.1. The molecule has 0 spiro atoms. The SMILES string of the molecule is Cc1ccc(CSCc2ccc(C(=O)NCc3ccccn3)o2)cc1. The molecule has 1 amide bonds. The van der Waals surface area contributed by atoms with Crippen LogP contribution in [0.4, 0.5) is 0 Å². The maximum atomic E-state index is 12.1. The van der Waals surface area contributed by atoms with Crippen LogP contribution >= 0.6 is 11.8 Å². The quantitative estimate of drug-likeness (QED) is 0.687. The van der Waals surface area contributed by atoms with Crippen LogP contribution in [0.25, 0.3) is 0 Å². The van der Waals surface area contributed by atoms with Gasteiger partial charge < -0.3 is 9.73 Å². The summed E-state index contributed by atoms with van der Waals surface area (Å²) in [6.45, 7) is 2.47. The Morgan fingerprint density at radius 1 is 1.08 bits per heavy atom. The molecule has 4 nitrogen and oxygen atoms in total. The predicted octanol–water partition coefficient (Wildman–Crippen LogP) is 4.35. The van der Waals surface area contributed by atoms with E-state index in [4.69, 9.17) is 4.42 Å². The lowest BCUT2D eigenvalue weighted by Crippen LogP contribution is -2.22. The van der Waals surface area contributed by atoms with Crippen LogP contribution in [-0.2, 0) is 18.1 Å². The highest BCUT2D eigenvalue weighted by Gasteiger charge is 2.11. The lowest BCUT2D eigenvalue weighted by molar-refractivity contribution is 0.0921. The van der Waals surface area contributed by atoms with Crippen molar-refractivity contribution in [2.45, 2.75) is 25.0 Å². The Bertz CT molecular complexity index is 813. The van der Waals surface area contributed by atoms with Crippen molar-refractivity contribution < 1.29 is 9.21 Å². The minimum absolute atomic E-state index is 0.222. The highest BCUT2D eigenvalue weighted by Crippen LogP contribution is 2.20. The monoisotopic (exact) mass is 352 g/mol. The van der Waals surface area contributed by atoms with E-state index in [9.17, 15) is 4.79 Å². The minimum Gasteiger partial charge on any atom is -0.455 e. The van der Waals surface area contributed by atoms with Crippen LogP contribution in [0.3, 0.4) is 0 Å². The zero-order valence-corrected chi connectivity index (χ0v) is 14.9. The number of rotatable bonds is 7. The summed E-state index contributed by atoms with van der Waals surface area (Å²) in [5.41, 5.74) is 3.37. The van der Waals surface area contributed by atoms with Gasteiger partial charge in [-0.1, -0.05) is 35.9 Å². The Morgan fingerprint density at radius 2 is 1.92 bits per heavy atom.